The van der Waals surface area contributed by atoms with Crippen LogP contribution in [-0.4, -0.2) is 16.5 Å². The molecule has 3 nitrogen and oxygen atoms in total. The van der Waals surface area contributed by atoms with Crippen LogP contribution in [0.15, 0.2) is 30.5 Å². The molecular weight excluding hydrogens is 289 g/mol. The maximum Gasteiger partial charge on any atom is 0.224 e. The molecule has 5 heteroatoms. The Hall–Kier alpha value is -1.68. The van der Waals surface area contributed by atoms with Crippen LogP contribution in [0, 0.1) is 12.7 Å². The quantitative estimate of drug-likeness (QED) is 0.774. The molecule has 1 saturated heterocycles. The molecule has 1 fully saturated rings. The monoisotopic (exact) mass is 305 g/mol. The number of benzene rings is 1. The van der Waals surface area contributed by atoms with Crippen LogP contribution in [0.25, 0.3) is 0 Å². The predicted octanol–water partition coefficient (Wildman–Crippen LogP) is 4.31. The summed E-state index contributed by atoms with van der Waals surface area (Å²) in [5.74, 6) is -0.111. The van der Waals surface area contributed by atoms with Crippen molar-refractivity contribution in [3.05, 3.63) is 52.7 Å². The van der Waals surface area contributed by atoms with Crippen molar-refractivity contribution in [1.82, 2.24) is 9.97 Å². The molecule has 1 atom stereocenters. The number of halogens is 2. The van der Waals surface area contributed by atoms with Gasteiger partial charge in [-0.15, -0.1) is 0 Å². The Kier molecular flexibility index (Phi) is 4.06. The first-order valence-corrected chi connectivity index (χ1v) is 7.54. The van der Waals surface area contributed by atoms with Crippen LogP contribution in [0.1, 0.15) is 36.4 Å². The normalized spacial score (nSPS) is 18.8. The zero-order valence-electron chi connectivity index (χ0n) is 11.9. The standard InChI is InChI=1S/C16H17ClFN3/c1-11-5-4-6-12(9-11)14-7-2-3-8-21(14)15-13(18)10-19-16(17)20-15/h4-6,9-10,14H,2-3,7-8H2,1H3. The largest absolute Gasteiger partial charge is 0.347 e. The average molecular weight is 306 g/mol. The molecule has 1 aliphatic heterocycles. The molecule has 0 saturated carbocycles. The van der Waals surface area contributed by atoms with Gasteiger partial charge in [0.15, 0.2) is 11.6 Å². The van der Waals surface area contributed by atoms with E-state index in [-0.39, 0.29) is 11.3 Å². The van der Waals surface area contributed by atoms with Gasteiger partial charge in [0, 0.05) is 6.54 Å². The third-order valence-corrected chi connectivity index (χ3v) is 4.08. The van der Waals surface area contributed by atoms with Crippen molar-refractivity contribution >= 4 is 17.4 Å². The van der Waals surface area contributed by atoms with Gasteiger partial charge in [0.25, 0.3) is 0 Å². The van der Waals surface area contributed by atoms with E-state index < -0.39 is 5.82 Å². The first-order chi connectivity index (χ1) is 10.1. The summed E-state index contributed by atoms with van der Waals surface area (Å²) < 4.78 is 14.1. The zero-order valence-corrected chi connectivity index (χ0v) is 12.6. The summed E-state index contributed by atoms with van der Waals surface area (Å²) in [6.07, 6.45) is 4.30. The first-order valence-electron chi connectivity index (χ1n) is 7.16. The van der Waals surface area contributed by atoms with Crippen LogP contribution in [-0.2, 0) is 0 Å². The number of rotatable bonds is 2. The van der Waals surface area contributed by atoms with Gasteiger partial charge >= 0.3 is 0 Å². The number of piperidine rings is 1. The lowest BCUT2D eigenvalue weighted by atomic mass is 9.94. The van der Waals surface area contributed by atoms with Gasteiger partial charge in [-0.3, -0.25) is 0 Å². The third kappa shape index (κ3) is 3.00. The molecule has 1 aliphatic rings. The minimum atomic E-state index is -0.418. The molecule has 1 aromatic carbocycles. The Balaban J connectivity index is 2.00. The Morgan fingerprint density at radius 1 is 1.33 bits per heavy atom. The maximum absolute atomic E-state index is 14.1. The highest BCUT2D eigenvalue weighted by Gasteiger charge is 2.27. The van der Waals surface area contributed by atoms with Crippen molar-refractivity contribution in [2.24, 2.45) is 0 Å². The van der Waals surface area contributed by atoms with Crippen LogP contribution in [0.5, 0.6) is 0 Å². The predicted molar refractivity (Wildman–Crippen MR) is 82.1 cm³/mol. The molecule has 2 heterocycles. The van der Waals surface area contributed by atoms with Crippen molar-refractivity contribution < 1.29 is 4.39 Å². The third-order valence-electron chi connectivity index (χ3n) is 3.90. The minimum absolute atomic E-state index is 0.0833. The molecule has 0 N–H and O–H groups in total. The Labute approximate surface area is 128 Å². The van der Waals surface area contributed by atoms with Crippen molar-refractivity contribution in [1.29, 1.82) is 0 Å². The number of nitrogens with zero attached hydrogens (tertiary/aromatic N) is 3. The highest BCUT2D eigenvalue weighted by atomic mass is 35.5. The molecule has 0 spiro atoms. The summed E-state index contributed by atoms with van der Waals surface area (Å²) in [5.41, 5.74) is 2.41. The summed E-state index contributed by atoms with van der Waals surface area (Å²) >= 11 is 5.84. The second-order valence-corrected chi connectivity index (χ2v) is 5.77. The maximum atomic E-state index is 14.1. The van der Waals surface area contributed by atoms with Gasteiger partial charge in [0.1, 0.15) is 0 Å². The fourth-order valence-corrected chi connectivity index (χ4v) is 3.08. The highest BCUT2D eigenvalue weighted by Crippen LogP contribution is 2.35. The summed E-state index contributed by atoms with van der Waals surface area (Å²) in [7, 11) is 0. The fraction of sp³-hybridized carbons (Fsp3) is 0.375. The molecule has 0 bridgehead atoms. The Morgan fingerprint density at radius 3 is 3.00 bits per heavy atom. The number of aryl methyl sites for hydroxylation is 1. The van der Waals surface area contributed by atoms with E-state index in [2.05, 4.69) is 35.1 Å². The van der Waals surface area contributed by atoms with Gasteiger partial charge in [0.2, 0.25) is 5.28 Å². The molecular formula is C16H17ClFN3. The van der Waals surface area contributed by atoms with Gasteiger partial charge in [-0.05, 0) is 43.4 Å². The van der Waals surface area contributed by atoms with Gasteiger partial charge in [-0.25, -0.2) is 9.37 Å². The average Bonchev–Trinajstić information content (AvgIpc) is 2.50. The van der Waals surface area contributed by atoms with Crippen LogP contribution in [0.2, 0.25) is 5.28 Å². The molecule has 0 radical (unpaired) electrons. The lowest BCUT2D eigenvalue weighted by Gasteiger charge is -2.37. The molecule has 2 aromatic rings. The molecule has 0 aliphatic carbocycles. The first kappa shape index (κ1) is 14.3. The van der Waals surface area contributed by atoms with E-state index in [1.54, 1.807) is 0 Å². The minimum Gasteiger partial charge on any atom is -0.347 e. The Bertz CT molecular complexity index is 647. The molecule has 1 aromatic heterocycles. The molecule has 1 unspecified atom stereocenters. The lowest BCUT2D eigenvalue weighted by Crippen LogP contribution is -2.34. The Morgan fingerprint density at radius 2 is 2.19 bits per heavy atom. The highest BCUT2D eigenvalue weighted by molar-refractivity contribution is 6.28. The van der Waals surface area contributed by atoms with Gasteiger partial charge in [-0.1, -0.05) is 29.8 Å². The summed E-state index contributed by atoms with van der Waals surface area (Å²) in [6, 6.07) is 8.50. The smallest absolute Gasteiger partial charge is 0.224 e. The number of anilines is 1. The van der Waals surface area contributed by atoms with E-state index >= 15 is 0 Å². The van der Waals surface area contributed by atoms with E-state index in [0.29, 0.717) is 5.82 Å². The summed E-state index contributed by atoms with van der Waals surface area (Å²) in [6.45, 7) is 2.85. The lowest BCUT2D eigenvalue weighted by molar-refractivity contribution is 0.459. The van der Waals surface area contributed by atoms with Gasteiger partial charge < -0.3 is 4.90 Å². The van der Waals surface area contributed by atoms with E-state index in [1.165, 1.54) is 11.1 Å². The summed E-state index contributed by atoms with van der Waals surface area (Å²) in [5, 5.41) is 0.0833. The van der Waals surface area contributed by atoms with Crippen molar-refractivity contribution in [3.8, 4) is 0 Å². The summed E-state index contributed by atoms with van der Waals surface area (Å²) in [4.78, 5) is 9.81. The van der Waals surface area contributed by atoms with Crippen LogP contribution in [0.4, 0.5) is 10.2 Å². The van der Waals surface area contributed by atoms with E-state index in [4.69, 9.17) is 11.6 Å². The van der Waals surface area contributed by atoms with Crippen molar-refractivity contribution in [2.75, 3.05) is 11.4 Å². The number of hydrogen-bond donors (Lipinski definition) is 0. The van der Waals surface area contributed by atoms with Crippen LogP contribution in [0.3, 0.4) is 0 Å². The molecule has 21 heavy (non-hydrogen) atoms. The number of hydrogen-bond acceptors (Lipinski definition) is 3. The van der Waals surface area contributed by atoms with Gasteiger partial charge in [-0.2, -0.15) is 4.98 Å². The molecule has 0 amide bonds. The van der Waals surface area contributed by atoms with Crippen LogP contribution < -0.4 is 4.90 Å². The van der Waals surface area contributed by atoms with Crippen molar-refractivity contribution in [3.63, 3.8) is 0 Å². The van der Waals surface area contributed by atoms with E-state index in [1.807, 2.05) is 11.0 Å². The van der Waals surface area contributed by atoms with E-state index in [0.717, 1.165) is 32.0 Å². The second kappa shape index (κ2) is 5.98. The van der Waals surface area contributed by atoms with Crippen LogP contribution >= 0.6 is 11.6 Å². The SMILES string of the molecule is Cc1cccc(C2CCCCN2c2nc(Cl)ncc2F)c1. The second-order valence-electron chi connectivity index (χ2n) is 5.43. The molecule has 3 rings (SSSR count). The fourth-order valence-electron chi connectivity index (χ4n) is 2.95. The van der Waals surface area contributed by atoms with Gasteiger partial charge in [0.05, 0.1) is 12.2 Å². The zero-order chi connectivity index (χ0) is 14.8. The molecule has 110 valence electrons. The topological polar surface area (TPSA) is 29.0 Å². The van der Waals surface area contributed by atoms with Crippen molar-refractivity contribution in [2.45, 2.75) is 32.2 Å². The van der Waals surface area contributed by atoms with E-state index in [9.17, 15) is 4.39 Å². The number of aromatic nitrogens is 2.